The minimum absolute atomic E-state index is 0.0362. The van der Waals surface area contributed by atoms with E-state index in [9.17, 15) is 13.2 Å². The van der Waals surface area contributed by atoms with Crippen LogP contribution in [0.4, 0.5) is 19.0 Å². The largest absolute Gasteiger partial charge is 0.483 e. The zero-order valence-electron chi connectivity index (χ0n) is 10.4. The maximum absolute atomic E-state index is 12.3. The van der Waals surface area contributed by atoms with Crippen molar-refractivity contribution in [3.05, 3.63) is 40.5 Å². The van der Waals surface area contributed by atoms with Crippen LogP contribution in [-0.2, 0) is 0 Å². The van der Waals surface area contributed by atoms with Gasteiger partial charge in [0.1, 0.15) is 11.6 Å². The fraction of sp³-hybridized carbons (Fsp3) is 0.154. The van der Waals surface area contributed by atoms with Crippen LogP contribution in [0, 0.1) is 0 Å². The molecule has 0 aliphatic carbocycles. The first-order valence-corrected chi connectivity index (χ1v) is 6.43. The highest BCUT2D eigenvalue weighted by atomic mass is 35.5. The second-order valence-electron chi connectivity index (χ2n) is 4.11. The van der Waals surface area contributed by atoms with Crippen LogP contribution in [0.5, 0.6) is 5.75 Å². The Hall–Kier alpha value is -1.66. The van der Waals surface area contributed by atoms with Crippen LogP contribution in [0.2, 0.25) is 10.0 Å². The molecule has 0 aliphatic rings. The van der Waals surface area contributed by atoms with Gasteiger partial charge in [0.15, 0.2) is 6.61 Å². The van der Waals surface area contributed by atoms with Crippen LogP contribution < -0.4 is 10.5 Å². The highest BCUT2D eigenvalue weighted by Gasteiger charge is 2.29. The molecule has 0 aliphatic heterocycles. The fourth-order valence-corrected chi connectivity index (χ4v) is 2.05. The first-order chi connectivity index (χ1) is 9.78. The Balaban J connectivity index is 2.46. The second kappa shape index (κ2) is 5.99. The van der Waals surface area contributed by atoms with Crippen molar-refractivity contribution in [3.8, 4) is 16.9 Å². The maximum Gasteiger partial charge on any atom is 0.422 e. The standard InChI is InChI=1S/C13H9Cl2F3N2O/c14-9-3-1-2-7(12(9)15)8-5-20-11(19)4-10(8)21-6-13(16,17)18/h1-5H,6H2,(H2,19,20). The van der Waals surface area contributed by atoms with E-state index in [1.165, 1.54) is 12.3 Å². The van der Waals surface area contributed by atoms with Crippen molar-refractivity contribution in [2.24, 2.45) is 0 Å². The summed E-state index contributed by atoms with van der Waals surface area (Å²) < 4.78 is 41.7. The minimum atomic E-state index is -4.46. The van der Waals surface area contributed by atoms with Crippen molar-refractivity contribution in [1.29, 1.82) is 0 Å². The van der Waals surface area contributed by atoms with E-state index in [1.54, 1.807) is 18.2 Å². The third-order valence-electron chi connectivity index (χ3n) is 2.52. The Morgan fingerprint density at radius 3 is 2.57 bits per heavy atom. The molecule has 0 unspecified atom stereocenters. The van der Waals surface area contributed by atoms with Crippen molar-refractivity contribution in [3.63, 3.8) is 0 Å². The SMILES string of the molecule is Nc1cc(OCC(F)(F)F)c(-c2cccc(Cl)c2Cl)cn1. The third-order valence-corrected chi connectivity index (χ3v) is 3.34. The number of nitrogens with two attached hydrogens (primary N) is 1. The van der Waals surface area contributed by atoms with Crippen LogP contribution in [0.25, 0.3) is 11.1 Å². The number of nitrogens with zero attached hydrogens (tertiary/aromatic N) is 1. The molecular formula is C13H9Cl2F3N2O. The van der Waals surface area contributed by atoms with Gasteiger partial charge in [0.25, 0.3) is 0 Å². The van der Waals surface area contributed by atoms with Gasteiger partial charge in [-0.15, -0.1) is 0 Å². The molecule has 1 heterocycles. The number of ether oxygens (including phenoxy) is 1. The van der Waals surface area contributed by atoms with E-state index in [-0.39, 0.29) is 27.2 Å². The van der Waals surface area contributed by atoms with Crippen molar-refractivity contribution in [1.82, 2.24) is 4.98 Å². The lowest BCUT2D eigenvalue weighted by Gasteiger charge is -2.14. The monoisotopic (exact) mass is 336 g/mol. The maximum atomic E-state index is 12.3. The molecule has 0 fully saturated rings. The highest BCUT2D eigenvalue weighted by Crippen LogP contribution is 2.38. The van der Waals surface area contributed by atoms with Crippen molar-refractivity contribution < 1.29 is 17.9 Å². The molecule has 0 atom stereocenters. The summed E-state index contributed by atoms with van der Waals surface area (Å²) >= 11 is 12.0. The normalized spacial score (nSPS) is 11.5. The van der Waals surface area contributed by atoms with Gasteiger partial charge in [-0.1, -0.05) is 35.3 Å². The summed E-state index contributed by atoms with van der Waals surface area (Å²) in [6.07, 6.45) is -3.17. The first kappa shape index (κ1) is 15.7. The molecular weight excluding hydrogens is 328 g/mol. The highest BCUT2D eigenvalue weighted by molar-refractivity contribution is 6.43. The summed E-state index contributed by atoms with van der Waals surface area (Å²) in [7, 11) is 0. The molecule has 1 aromatic heterocycles. The van der Waals surface area contributed by atoms with Gasteiger partial charge < -0.3 is 10.5 Å². The zero-order valence-corrected chi connectivity index (χ0v) is 11.9. The molecule has 2 rings (SSSR count). The Bertz CT molecular complexity index is 662. The predicted molar refractivity (Wildman–Crippen MR) is 75.7 cm³/mol. The van der Waals surface area contributed by atoms with Gasteiger partial charge in [-0.2, -0.15) is 13.2 Å². The summed E-state index contributed by atoms with van der Waals surface area (Å²) in [5, 5.41) is 0.468. The van der Waals surface area contributed by atoms with E-state index >= 15 is 0 Å². The molecule has 0 radical (unpaired) electrons. The molecule has 0 bridgehead atoms. The van der Waals surface area contributed by atoms with E-state index in [0.717, 1.165) is 0 Å². The number of aromatic nitrogens is 1. The number of benzene rings is 1. The Labute approximate surface area is 128 Å². The third kappa shape index (κ3) is 3.92. The number of hydrogen-bond acceptors (Lipinski definition) is 3. The molecule has 1 aromatic carbocycles. The molecule has 112 valence electrons. The predicted octanol–water partition coefficient (Wildman–Crippen LogP) is 4.58. The topological polar surface area (TPSA) is 48.1 Å². The average Bonchev–Trinajstić information content (AvgIpc) is 2.39. The van der Waals surface area contributed by atoms with Crippen LogP contribution in [0.1, 0.15) is 0 Å². The van der Waals surface area contributed by atoms with Crippen molar-refractivity contribution in [2.45, 2.75) is 6.18 Å². The Kier molecular flexibility index (Phi) is 4.49. The number of rotatable bonds is 3. The van der Waals surface area contributed by atoms with Crippen LogP contribution in [0.3, 0.4) is 0 Å². The number of pyridine rings is 1. The van der Waals surface area contributed by atoms with Crippen molar-refractivity contribution in [2.75, 3.05) is 12.3 Å². The van der Waals surface area contributed by atoms with Crippen LogP contribution in [0.15, 0.2) is 30.5 Å². The lowest BCUT2D eigenvalue weighted by molar-refractivity contribution is -0.153. The molecule has 2 aromatic rings. The summed E-state index contributed by atoms with van der Waals surface area (Å²) in [6.45, 7) is -1.44. The molecule has 0 amide bonds. The number of hydrogen-bond donors (Lipinski definition) is 1. The summed E-state index contributed by atoms with van der Waals surface area (Å²) in [6, 6.07) is 5.99. The van der Waals surface area contributed by atoms with Crippen LogP contribution in [-0.4, -0.2) is 17.8 Å². The van der Waals surface area contributed by atoms with Gasteiger partial charge in [0.05, 0.1) is 10.0 Å². The number of nitrogen functional groups attached to an aromatic ring is 1. The first-order valence-electron chi connectivity index (χ1n) is 5.67. The van der Waals surface area contributed by atoms with E-state index in [1.807, 2.05) is 0 Å². The van der Waals surface area contributed by atoms with E-state index in [4.69, 9.17) is 33.7 Å². The molecule has 2 N–H and O–H groups in total. The molecule has 21 heavy (non-hydrogen) atoms. The van der Waals surface area contributed by atoms with Gasteiger partial charge in [-0.05, 0) is 6.07 Å². The smallest absolute Gasteiger partial charge is 0.422 e. The minimum Gasteiger partial charge on any atom is -0.483 e. The fourth-order valence-electron chi connectivity index (χ4n) is 1.65. The summed E-state index contributed by atoms with van der Waals surface area (Å²) in [5.41, 5.74) is 6.17. The van der Waals surface area contributed by atoms with Crippen molar-refractivity contribution >= 4 is 29.0 Å². The lowest BCUT2D eigenvalue weighted by atomic mass is 10.1. The van der Waals surface area contributed by atoms with Gasteiger partial charge in [0.2, 0.25) is 0 Å². The van der Waals surface area contributed by atoms with E-state index < -0.39 is 12.8 Å². The van der Waals surface area contributed by atoms with Gasteiger partial charge in [0, 0.05) is 23.4 Å². The molecule has 0 saturated carbocycles. The van der Waals surface area contributed by atoms with E-state index in [2.05, 4.69) is 4.98 Å². The number of halogens is 5. The Morgan fingerprint density at radius 1 is 1.19 bits per heavy atom. The summed E-state index contributed by atoms with van der Waals surface area (Å²) in [5.74, 6) is -0.0296. The van der Waals surface area contributed by atoms with Gasteiger partial charge in [-0.25, -0.2) is 4.98 Å². The average molecular weight is 337 g/mol. The number of anilines is 1. The number of alkyl halides is 3. The zero-order chi connectivity index (χ0) is 15.6. The quantitative estimate of drug-likeness (QED) is 0.892. The molecule has 8 heteroatoms. The van der Waals surface area contributed by atoms with Gasteiger partial charge >= 0.3 is 6.18 Å². The lowest BCUT2D eigenvalue weighted by Crippen LogP contribution is -2.19. The van der Waals surface area contributed by atoms with Crippen LogP contribution >= 0.6 is 23.2 Å². The molecule has 0 spiro atoms. The Morgan fingerprint density at radius 2 is 1.90 bits per heavy atom. The second-order valence-corrected chi connectivity index (χ2v) is 4.90. The van der Waals surface area contributed by atoms with E-state index in [0.29, 0.717) is 5.56 Å². The molecule has 0 saturated heterocycles. The molecule has 3 nitrogen and oxygen atoms in total. The van der Waals surface area contributed by atoms with Gasteiger partial charge in [-0.3, -0.25) is 0 Å². The summed E-state index contributed by atoms with van der Waals surface area (Å²) in [4.78, 5) is 3.85.